The van der Waals surface area contributed by atoms with Crippen molar-refractivity contribution in [3.05, 3.63) is 29.6 Å². The van der Waals surface area contributed by atoms with Gasteiger partial charge in [-0.2, -0.15) is 0 Å². The van der Waals surface area contributed by atoms with Gasteiger partial charge in [-0.3, -0.25) is 0 Å². The number of urea groups is 1. The largest absolute Gasteiger partial charge is 0.338 e. The van der Waals surface area contributed by atoms with Gasteiger partial charge in [0.25, 0.3) is 0 Å². The van der Waals surface area contributed by atoms with Crippen LogP contribution in [0.2, 0.25) is 0 Å². The van der Waals surface area contributed by atoms with Crippen LogP contribution in [0.3, 0.4) is 0 Å². The SMILES string of the molecule is CCCCNC(=O)Nc1ccc(F)c(F)c1F. The number of unbranched alkanes of at least 4 members (excludes halogenated alkanes) is 1. The predicted octanol–water partition coefficient (Wildman–Crippen LogP) is 3.03. The van der Waals surface area contributed by atoms with E-state index < -0.39 is 29.2 Å². The van der Waals surface area contributed by atoms with Crippen molar-refractivity contribution in [3.63, 3.8) is 0 Å². The van der Waals surface area contributed by atoms with Crippen LogP contribution in [0.5, 0.6) is 0 Å². The van der Waals surface area contributed by atoms with E-state index in [2.05, 4.69) is 10.6 Å². The molecule has 0 aromatic heterocycles. The molecule has 2 amide bonds. The Morgan fingerprint density at radius 1 is 1.24 bits per heavy atom. The quantitative estimate of drug-likeness (QED) is 0.622. The predicted molar refractivity (Wildman–Crippen MR) is 58.2 cm³/mol. The van der Waals surface area contributed by atoms with Crippen LogP contribution in [-0.4, -0.2) is 12.6 Å². The Morgan fingerprint density at radius 2 is 1.94 bits per heavy atom. The average molecular weight is 246 g/mol. The Balaban J connectivity index is 2.63. The molecular weight excluding hydrogens is 233 g/mol. The molecule has 1 aromatic rings. The second-order valence-corrected chi connectivity index (χ2v) is 3.46. The second kappa shape index (κ2) is 6.12. The maximum atomic E-state index is 13.2. The van der Waals surface area contributed by atoms with Gasteiger partial charge in [0, 0.05) is 6.54 Å². The first-order valence-corrected chi connectivity index (χ1v) is 5.24. The van der Waals surface area contributed by atoms with E-state index in [4.69, 9.17) is 0 Å². The Labute approximate surface area is 97.0 Å². The fraction of sp³-hybridized carbons (Fsp3) is 0.364. The minimum Gasteiger partial charge on any atom is -0.338 e. The average Bonchev–Trinajstić information content (AvgIpc) is 2.30. The van der Waals surface area contributed by atoms with Gasteiger partial charge in [-0.1, -0.05) is 13.3 Å². The number of halogens is 3. The summed E-state index contributed by atoms with van der Waals surface area (Å²) in [5, 5.41) is 4.57. The van der Waals surface area contributed by atoms with Crippen LogP contribution in [0.1, 0.15) is 19.8 Å². The van der Waals surface area contributed by atoms with Gasteiger partial charge in [0.05, 0.1) is 5.69 Å². The number of nitrogens with one attached hydrogen (secondary N) is 2. The molecule has 0 spiro atoms. The highest BCUT2D eigenvalue weighted by Gasteiger charge is 2.14. The number of hydrogen-bond donors (Lipinski definition) is 2. The first-order chi connectivity index (χ1) is 8.06. The fourth-order valence-electron chi connectivity index (χ4n) is 1.17. The first-order valence-electron chi connectivity index (χ1n) is 5.24. The molecule has 1 aromatic carbocycles. The standard InChI is InChI=1S/C11H13F3N2O/c1-2-3-6-15-11(17)16-8-5-4-7(12)9(13)10(8)14/h4-5H,2-3,6H2,1H3,(H2,15,16,17). The Hall–Kier alpha value is -1.72. The number of hydrogen-bond acceptors (Lipinski definition) is 1. The van der Waals surface area contributed by atoms with E-state index in [0.717, 1.165) is 25.0 Å². The number of carbonyl (C=O) groups is 1. The zero-order valence-electron chi connectivity index (χ0n) is 9.32. The third kappa shape index (κ3) is 3.65. The van der Waals surface area contributed by atoms with Gasteiger partial charge in [-0.25, -0.2) is 18.0 Å². The number of carbonyl (C=O) groups excluding carboxylic acids is 1. The smallest absolute Gasteiger partial charge is 0.319 e. The summed E-state index contributed by atoms with van der Waals surface area (Å²) in [6.45, 7) is 2.39. The zero-order valence-corrected chi connectivity index (χ0v) is 9.32. The number of amides is 2. The highest BCUT2D eigenvalue weighted by Crippen LogP contribution is 2.19. The molecule has 17 heavy (non-hydrogen) atoms. The van der Waals surface area contributed by atoms with Gasteiger partial charge in [0.15, 0.2) is 17.5 Å². The third-order valence-electron chi connectivity index (χ3n) is 2.10. The summed E-state index contributed by atoms with van der Waals surface area (Å²) >= 11 is 0. The van der Waals surface area contributed by atoms with E-state index >= 15 is 0 Å². The monoisotopic (exact) mass is 246 g/mol. The highest BCUT2D eigenvalue weighted by molar-refractivity contribution is 5.89. The molecule has 0 aliphatic rings. The maximum absolute atomic E-state index is 13.2. The van der Waals surface area contributed by atoms with E-state index in [-0.39, 0.29) is 0 Å². The summed E-state index contributed by atoms with van der Waals surface area (Å²) < 4.78 is 38.6. The number of benzene rings is 1. The molecule has 0 bridgehead atoms. The summed E-state index contributed by atoms with van der Waals surface area (Å²) in [6.07, 6.45) is 1.69. The van der Waals surface area contributed by atoms with Crippen molar-refractivity contribution in [2.24, 2.45) is 0 Å². The Bertz CT molecular complexity index is 410. The van der Waals surface area contributed by atoms with Gasteiger partial charge >= 0.3 is 6.03 Å². The van der Waals surface area contributed by atoms with Crippen LogP contribution in [0, 0.1) is 17.5 Å². The lowest BCUT2D eigenvalue weighted by atomic mass is 10.3. The molecule has 0 heterocycles. The van der Waals surface area contributed by atoms with Gasteiger partial charge in [-0.05, 0) is 18.6 Å². The molecule has 0 saturated heterocycles. The van der Waals surface area contributed by atoms with Gasteiger partial charge in [0.2, 0.25) is 0 Å². The molecule has 0 aliphatic heterocycles. The van der Waals surface area contributed by atoms with Crippen LogP contribution in [-0.2, 0) is 0 Å². The second-order valence-electron chi connectivity index (χ2n) is 3.46. The first kappa shape index (κ1) is 13.3. The highest BCUT2D eigenvalue weighted by atomic mass is 19.2. The molecule has 0 unspecified atom stereocenters. The van der Waals surface area contributed by atoms with E-state index in [9.17, 15) is 18.0 Å². The molecular formula is C11H13F3N2O. The van der Waals surface area contributed by atoms with Crippen molar-refractivity contribution in [2.75, 3.05) is 11.9 Å². The lowest BCUT2D eigenvalue weighted by molar-refractivity contribution is 0.252. The minimum atomic E-state index is -1.60. The van der Waals surface area contributed by atoms with Gasteiger partial charge in [-0.15, -0.1) is 0 Å². The van der Waals surface area contributed by atoms with Crippen molar-refractivity contribution in [3.8, 4) is 0 Å². The van der Waals surface area contributed by atoms with Crippen molar-refractivity contribution in [2.45, 2.75) is 19.8 Å². The maximum Gasteiger partial charge on any atom is 0.319 e. The van der Waals surface area contributed by atoms with E-state index in [1.54, 1.807) is 0 Å². The summed E-state index contributed by atoms with van der Waals surface area (Å²) in [4.78, 5) is 11.2. The molecule has 1 rings (SSSR count). The van der Waals surface area contributed by atoms with Crippen LogP contribution in [0.15, 0.2) is 12.1 Å². The van der Waals surface area contributed by atoms with Crippen molar-refractivity contribution in [1.29, 1.82) is 0 Å². The summed E-state index contributed by atoms with van der Waals surface area (Å²) in [6, 6.07) is 1.07. The van der Waals surface area contributed by atoms with Crippen LogP contribution >= 0.6 is 0 Å². The van der Waals surface area contributed by atoms with Crippen LogP contribution < -0.4 is 10.6 Å². The summed E-state index contributed by atoms with van der Waals surface area (Å²) in [5.74, 6) is -4.30. The summed E-state index contributed by atoms with van der Waals surface area (Å²) in [5.41, 5.74) is -0.391. The van der Waals surface area contributed by atoms with Crippen molar-refractivity contribution in [1.82, 2.24) is 5.32 Å². The summed E-state index contributed by atoms with van der Waals surface area (Å²) in [7, 11) is 0. The topological polar surface area (TPSA) is 41.1 Å². The zero-order chi connectivity index (χ0) is 12.8. The minimum absolute atomic E-state index is 0.391. The van der Waals surface area contributed by atoms with Gasteiger partial charge in [0.1, 0.15) is 0 Å². The Morgan fingerprint density at radius 3 is 2.59 bits per heavy atom. The fourth-order valence-corrected chi connectivity index (χ4v) is 1.17. The van der Waals surface area contributed by atoms with E-state index in [1.165, 1.54) is 0 Å². The molecule has 3 nitrogen and oxygen atoms in total. The van der Waals surface area contributed by atoms with E-state index in [1.807, 2.05) is 6.92 Å². The lowest BCUT2D eigenvalue weighted by Crippen LogP contribution is -2.29. The molecule has 0 atom stereocenters. The molecule has 2 N–H and O–H groups in total. The third-order valence-corrected chi connectivity index (χ3v) is 2.10. The lowest BCUT2D eigenvalue weighted by Gasteiger charge is -2.08. The number of rotatable bonds is 4. The molecule has 6 heteroatoms. The molecule has 0 fully saturated rings. The molecule has 0 aliphatic carbocycles. The normalized spacial score (nSPS) is 10.1. The molecule has 94 valence electrons. The van der Waals surface area contributed by atoms with Crippen molar-refractivity contribution < 1.29 is 18.0 Å². The van der Waals surface area contributed by atoms with Gasteiger partial charge < -0.3 is 10.6 Å². The number of anilines is 1. The van der Waals surface area contributed by atoms with Crippen LogP contribution in [0.4, 0.5) is 23.7 Å². The molecule has 0 saturated carbocycles. The van der Waals surface area contributed by atoms with Crippen LogP contribution in [0.25, 0.3) is 0 Å². The van der Waals surface area contributed by atoms with Crippen molar-refractivity contribution >= 4 is 11.7 Å². The molecule has 0 radical (unpaired) electrons. The van der Waals surface area contributed by atoms with E-state index in [0.29, 0.717) is 6.54 Å². The Kier molecular flexibility index (Phi) is 4.81.